The predicted octanol–water partition coefficient (Wildman–Crippen LogP) is 2.45. The molecule has 0 saturated heterocycles. The SMILES string of the molecule is CCOc1ccc(C(N)CCc2nccn2C)cc1. The lowest BCUT2D eigenvalue weighted by molar-refractivity contribution is 0.340. The summed E-state index contributed by atoms with van der Waals surface area (Å²) >= 11 is 0. The maximum Gasteiger partial charge on any atom is 0.119 e. The van der Waals surface area contributed by atoms with Crippen LogP contribution in [0.3, 0.4) is 0 Å². The Bertz CT molecular complexity index is 504. The molecule has 0 radical (unpaired) electrons. The largest absolute Gasteiger partial charge is 0.494 e. The predicted molar refractivity (Wildman–Crippen MR) is 76.1 cm³/mol. The van der Waals surface area contributed by atoms with E-state index in [1.807, 2.05) is 55.2 Å². The maximum absolute atomic E-state index is 6.21. The molecular weight excluding hydrogens is 238 g/mol. The van der Waals surface area contributed by atoms with Crippen LogP contribution in [0, 0.1) is 0 Å². The van der Waals surface area contributed by atoms with Crippen molar-refractivity contribution in [2.75, 3.05) is 6.61 Å². The van der Waals surface area contributed by atoms with E-state index >= 15 is 0 Å². The Morgan fingerprint density at radius 3 is 2.63 bits per heavy atom. The lowest BCUT2D eigenvalue weighted by atomic mass is 10.0. The zero-order valence-corrected chi connectivity index (χ0v) is 11.5. The first kappa shape index (κ1) is 13.6. The minimum Gasteiger partial charge on any atom is -0.494 e. The van der Waals surface area contributed by atoms with E-state index in [0.29, 0.717) is 6.61 Å². The van der Waals surface area contributed by atoms with Gasteiger partial charge in [-0.25, -0.2) is 4.98 Å². The van der Waals surface area contributed by atoms with Crippen molar-refractivity contribution in [2.24, 2.45) is 12.8 Å². The second-order valence-corrected chi connectivity index (χ2v) is 4.60. The van der Waals surface area contributed by atoms with Gasteiger partial charge in [0.1, 0.15) is 11.6 Å². The molecule has 2 aromatic rings. The standard InChI is InChI=1S/C15H21N3O/c1-3-19-13-6-4-12(5-7-13)14(16)8-9-15-17-10-11-18(15)2/h4-7,10-11,14H,3,8-9,16H2,1-2H3. The number of benzene rings is 1. The van der Waals surface area contributed by atoms with Gasteiger partial charge in [-0.3, -0.25) is 0 Å². The van der Waals surface area contributed by atoms with E-state index in [1.54, 1.807) is 0 Å². The summed E-state index contributed by atoms with van der Waals surface area (Å²) in [6.07, 6.45) is 5.55. The molecule has 0 fully saturated rings. The Morgan fingerprint density at radius 1 is 1.32 bits per heavy atom. The van der Waals surface area contributed by atoms with E-state index in [9.17, 15) is 0 Å². The van der Waals surface area contributed by atoms with Crippen LogP contribution in [0.5, 0.6) is 5.75 Å². The third kappa shape index (κ3) is 3.58. The van der Waals surface area contributed by atoms with Crippen LogP contribution >= 0.6 is 0 Å². The molecule has 102 valence electrons. The first-order chi connectivity index (χ1) is 9.20. The Morgan fingerprint density at radius 2 is 2.05 bits per heavy atom. The number of aromatic nitrogens is 2. The molecule has 0 spiro atoms. The molecule has 1 aromatic carbocycles. The second-order valence-electron chi connectivity index (χ2n) is 4.60. The van der Waals surface area contributed by atoms with Gasteiger partial charge >= 0.3 is 0 Å². The van der Waals surface area contributed by atoms with Gasteiger partial charge in [0.25, 0.3) is 0 Å². The molecule has 4 nitrogen and oxygen atoms in total. The van der Waals surface area contributed by atoms with Crippen molar-refractivity contribution >= 4 is 0 Å². The van der Waals surface area contributed by atoms with Crippen LogP contribution in [-0.4, -0.2) is 16.2 Å². The smallest absolute Gasteiger partial charge is 0.119 e. The van der Waals surface area contributed by atoms with Gasteiger partial charge in [0.2, 0.25) is 0 Å². The van der Waals surface area contributed by atoms with Gasteiger partial charge in [0.15, 0.2) is 0 Å². The van der Waals surface area contributed by atoms with Crippen molar-refractivity contribution in [2.45, 2.75) is 25.8 Å². The van der Waals surface area contributed by atoms with Crippen molar-refractivity contribution in [1.82, 2.24) is 9.55 Å². The molecule has 1 unspecified atom stereocenters. The van der Waals surface area contributed by atoms with E-state index < -0.39 is 0 Å². The summed E-state index contributed by atoms with van der Waals surface area (Å²) in [6, 6.07) is 8.05. The van der Waals surface area contributed by atoms with E-state index in [1.165, 1.54) is 0 Å². The molecule has 0 aliphatic carbocycles. The number of hydrogen-bond acceptors (Lipinski definition) is 3. The quantitative estimate of drug-likeness (QED) is 0.867. The average Bonchev–Trinajstić information content (AvgIpc) is 2.83. The van der Waals surface area contributed by atoms with Gasteiger partial charge in [-0.2, -0.15) is 0 Å². The van der Waals surface area contributed by atoms with Crippen molar-refractivity contribution in [3.63, 3.8) is 0 Å². The topological polar surface area (TPSA) is 53.1 Å². The first-order valence-corrected chi connectivity index (χ1v) is 6.65. The van der Waals surface area contributed by atoms with Crippen LogP contribution in [0.15, 0.2) is 36.7 Å². The van der Waals surface area contributed by atoms with Gasteiger partial charge in [-0.15, -0.1) is 0 Å². The molecule has 2 rings (SSSR count). The molecule has 0 saturated carbocycles. The molecule has 2 N–H and O–H groups in total. The number of nitrogens with zero attached hydrogens (tertiary/aromatic N) is 2. The molecule has 1 aromatic heterocycles. The lowest BCUT2D eigenvalue weighted by Crippen LogP contribution is -2.12. The Balaban J connectivity index is 1.92. The van der Waals surface area contributed by atoms with Gasteiger partial charge in [0.05, 0.1) is 6.61 Å². The van der Waals surface area contributed by atoms with Crippen molar-refractivity contribution in [1.29, 1.82) is 0 Å². The average molecular weight is 259 g/mol. The minimum absolute atomic E-state index is 0.0346. The summed E-state index contributed by atoms with van der Waals surface area (Å²) in [5.41, 5.74) is 7.34. The van der Waals surface area contributed by atoms with Crippen LogP contribution in [0.4, 0.5) is 0 Å². The highest BCUT2D eigenvalue weighted by Crippen LogP contribution is 2.19. The molecule has 0 aliphatic heterocycles. The maximum atomic E-state index is 6.21. The highest BCUT2D eigenvalue weighted by Gasteiger charge is 2.08. The lowest BCUT2D eigenvalue weighted by Gasteiger charge is -2.12. The summed E-state index contributed by atoms with van der Waals surface area (Å²) in [5.74, 6) is 1.96. The third-order valence-electron chi connectivity index (χ3n) is 3.22. The fourth-order valence-electron chi connectivity index (χ4n) is 2.07. The van der Waals surface area contributed by atoms with E-state index in [4.69, 9.17) is 10.5 Å². The van der Waals surface area contributed by atoms with Crippen LogP contribution in [0.25, 0.3) is 0 Å². The van der Waals surface area contributed by atoms with Crippen LogP contribution in [-0.2, 0) is 13.5 Å². The highest BCUT2D eigenvalue weighted by atomic mass is 16.5. The summed E-state index contributed by atoms with van der Waals surface area (Å²) in [5, 5.41) is 0. The van der Waals surface area contributed by atoms with Gasteiger partial charge in [-0.1, -0.05) is 12.1 Å². The van der Waals surface area contributed by atoms with Crippen molar-refractivity contribution in [3.8, 4) is 5.75 Å². The van der Waals surface area contributed by atoms with E-state index in [0.717, 1.165) is 30.0 Å². The highest BCUT2D eigenvalue weighted by molar-refractivity contribution is 5.29. The minimum atomic E-state index is 0.0346. The van der Waals surface area contributed by atoms with Crippen LogP contribution < -0.4 is 10.5 Å². The van der Waals surface area contributed by atoms with Gasteiger partial charge in [0, 0.05) is 31.9 Å². The Kier molecular flexibility index (Phi) is 4.58. The van der Waals surface area contributed by atoms with Crippen LogP contribution in [0.1, 0.15) is 30.8 Å². The van der Waals surface area contributed by atoms with Gasteiger partial charge < -0.3 is 15.0 Å². The number of aryl methyl sites for hydroxylation is 2. The fraction of sp³-hybridized carbons (Fsp3) is 0.400. The molecular formula is C15H21N3O. The molecule has 0 amide bonds. The molecule has 0 bridgehead atoms. The second kappa shape index (κ2) is 6.38. The zero-order chi connectivity index (χ0) is 13.7. The molecule has 1 heterocycles. The molecule has 1 atom stereocenters. The number of nitrogens with two attached hydrogens (primary N) is 1. The van der Waals surface area contributed by atoms with Crippen LogP contribution in [0.2, 0.25) is 0 Å². The zero-order valence-electron chi connectivity index (χ0n) is 11.5. The Labute approximate surface area is 114 Å². The molecule has 0 aliphatic rings. The summed E-state index contributed by atoms with van der Waals surface area (Å²) < 4.78 is 7.45. The monoisotopic (exact) mass is 259 g/mol. The third-order valence-corrected chi connectivity index (χ3v) is 3.22. The summed E-state index contributed by atoms with van der Waals surface area (Å²) in [6.45, 7) is 2.66. The van der Waals surface area contributed by atoms with Crippen molar-refractivity contribution < 1.29 is 4.74 Å². The number of imidazole rings is 1. The molecule has 4 heteroatoms. The summed E-state index contributed by atoms with van der Waals surface area (Å²) in [7, 11) is 2.00. The number of rotatable bonds is 6. The molecule has 19 heavy (non-hydrogen) atoms. The van der Waals surface area contributed by atoms with E-state index in [2.05, 4.69) is 4.98 Å². The fourth-order valence-corrected chi connectivity index (χ4v) is 2.07. The van der Waals surface area contributed by atoms with Crippen molar-refractivity contribution in [3.05, 3.63) is 48.0 Å². The normalized spacial score (nSPS) is 12.4. The first-order valence-electron chi connectivity index (χ1n) is 6.65. The van der Waals surface area contributed by atoms with E-state index in [-0.39, 0.29) is 6.04 Å². The summed E-state index contributed by atoms with van der Waals surface area (Å²) in [4.78, 5) is 4.31. The number of ether oxygens (including phenoxy) is 1. The van der Waals surface area contributed by atoms with Gasteiger partial charge in [-0.05, 0) is 31.0 Å². The Hall–Kier alpha value is -1.81. The number of hydrogen-bond donors (Lipinski definition) is 1.